The summed E-state index contributed by atoms with van der Waals surface area (Å²) in [6, 6.07) is 8.16. The number of hydrogen-bond donors (Lipinski definition) is 3. The van der Waals surface area contributed by atoms with Gasteiger partial charge in [0, 0.05) is 23.1 Å². The minimum absolute atomic E-state index is 0.103. The number of rotatable bonds is 2. The monoisotopic (exact) mass is 271 g/mol. The van der Waals surface area contributed by atoms with Crippen molar-refractivity contribution in [2.24, 2.45) is 5.92 Å². The molecule has 2 atom stereocenters. The molecular formula is C16H21N3O. The molecule has 1 heterocycles. The second-order valence-electron chi connectivity index (χ2n) is 5.71. The van der Waals surface area contributed by atoms with Crippen LogP contribution in [-0.2, 0) is 0 Å². The molecule has 4 heteroatoms. The molecule has 3 rings (SSSR count). The largest absolute Gasteiger partial charge is 0.359 e. The Morgan fingerprint density at radius 3 is 2.90 bits per heavy atom. The summed E-state index contributed by atoms with van der Waals surface area (Å²) in [6.07, 6.45) is 6.63. The zero-order chi connectivity index (χ0) is 13.9. The molecule has 1 aromatic heterocycles. The lowest BCUT2D eigenvalue weighted by Gasteiger charge is -2.29. The number of benzene rings is 1. The van der Waals surface area contributed by atoms with Gasteiger partial charge in [0.25, 0.3) is 0 Å². The van der Waals surface area contributed by atoms with Crippen LogP contribution in [0.1, 0.15) is 32.6 Å². The Balaban J connectivity index is 1.66. The highest BCUT2D eigenvalue weighted by Gasteiger charge is 2.22. The van der Waals surface area contributed by atoms with Gasteiger partial charge in [-0.25, -0.2) is 4.79 Å². The number of aromatic nitrogens is 1. The van der Waals surface area contributed by atoms with E-state index >= 15 is 0 Å². The smallest absolute Gasteiger partial charge is 0.319 e. The first-order valence-electron chi connectivity index (χ1n) is 7.37. The van der Waals surface area contributed by atoms with Crippen LogP contribution >= 0.6 is 0 Å². The van der Waals surface area contributed by atoms with E-state index in [1.54, 1.807) is 0 Å². The Morgan fingerprint density at radius 2 is 2.05 bits per heavy atom. The number of fused-ring (bicyclic) bond motifs is 1. The first kappa shape index (κ1) is 13.0. The van der Waals surface area contributed by atoms with Crippen LogP contribution in [0, 0.1) is 5.92 Å². The lowest BCUT2D eigenvalue weighted by Crippen LogP contribution is -2.43. The van der Waals surface area contributed by atoms with Gasteiger partial charge in [0.15, 0.2) is 0 Å². The molecule has 3 N–H and O–H groups in total. The van der Waals surface area contributed by atoms with Gasteiger partial charge in [-0.05, 0) is 24.8 Å². The van der Waals surface area contributed by atoms with Gasteiger partial charge in [0.2, 0.25) is 0 Å². The highest BCUT2D eigenvalue weighted by molar-refractivity contribution is 6.01. The fourth-order valence-corrected chi connectivity index (χ4v) is 3.03. The van der Waals surface area contributed by atoms with Crippen molar-refractivity contribution < 1.29 is 4.79 Å². The van der Waals surface area contributed by atoms with Gasteiger partial charge in [-0.1, -0.05) is 38.0 Å². The van der Waals surface area contributed by atoms with Crippen LogP contribution in [0.25, 0.3) is 10.9 Å². The summed E-state index contributed by atoms with van der Waals surface area (Å²) in [6.45, 7) is 2.22. The van der Waals surface area contributed by atoms with Crippen molar-refractivity contribution in [3.05, 3.63) is 30.5 Å². The Labute approximate surface area is 118 Å². The molecule has 2 unspecified atom stereocenters. The van der Waals surface area contributed by atoms with E-state index in [1.807, 2.05) is 30.5 Å². The number of carbonyl (C=O) groups excluding carboxylic acids is 1. The number of urea groups is 1. The first-order valence-corrected chi connectivity index (χ1v) is 7.37. The molecular weight excluding hydrogens is 250 g/mol. The molecule has 0 bridgehead atoms. The van der Waals surface area contributed by atoms with Gasteiger partial charge in [0.05, 0.1) is 5.69 Å². The Bertz CT molecular complexity index is 605. The number of H-pyrrole nitrogens is 1. The normalized spacial score (nSPS) is 22.6. The highest BCUT2D eigenvalue weighted by Crippen LogP contribution is 2.25. The fraction of sp³-hybridized carbons (Fsp3) is 0.438. The van der Waals surface area contributed by atoms with Gasteiger partial charge in [-0.15, -0.1) is 0 Å². The van der Waals surface area contributed by atoms with Crippen LogP contribution < -0.4 is 10.6 Å². The molecule has 1 saturated carbocycles. The van der Waals surface area contributed by atoms with E-state index in [4.69, 9.17) is 0 Å². The Kier molecular flexibility index (Phi) is 3.63. The molecule has 0 radical (unpaired) electrons. The van der Waals surface area contributed by atoms with E-state index < -0.39 is 0 Å². The summed E-state index contributed by atoms with van der Waals surface area (Å²) in [5.74, 6) is 0.567. The number of anilines is 1. The van der Waals surface area contributed by atoms with Crippen molar-refractivity contribution in [1.29, 1.82) is 0 Å². The predicted octanol–water partition coefficient (Wildman–Crippen LogP) is 3.87. The van der Waals surface area contributed by atoms with Gasteiger partial charge in [-0.2, -0.15) is 0 Å². The SMILES string of the molecule is CC1CCCCC1NC(=O)Nc1c[nH]c2ccccc12. The second-order valence-corrected chi connectivity index (χ2v) is 5.71. The first-order chi connectivity index (χ1) is 9.74. The lowest BCUT2D eigenvalue weighted by molar-refractivity contribution is 0.232. The maximum absolute atomic E-state index is 12.1. The molecule has 1 aliphatic rings. The number of amides is 2. The van der Waals surface area contributed by atoms with Crippen LogP contribution in [0.2, 0.25) is 0 Å². The minimum atomic E-state index is -0.103. The third-order valence-corrected chi connectivity index (χ3v) is 4.27. The zero-order valence-electron chi connectivity index (χ0n) is 11.8. The zero-order valence-corrected chi connectivity index (χ0v) is 11.8. The number of carbonyl (C=O) groups is 1. The topological polar surface area (TPSA) is 56.9 Å². The van der Waals surface area contributed by atoms with E-state index in [2.05, 4.69) is 22.5 Å². The Morgan fingerprint density at radius 1 is 1.25 bits per heavy atom. The summed E-state index contributed by atoms with van der Waals surface area (Å²) in [4.78, 5) is 15.3. The van der Waals surface area contributed by atoms with E-state index in [9.17, 15) is 4.79 Å². The van der Waals surface area contributed by atoms with Gasteiger partial charge in [0.1, 0.15) is 0 Å². The number of nitrogens with one attached hydrogen (secondary N) is 3. The number of aromatic amines is 1. The van der Waals surface area contributed by atoms with Crippen LogP contribution in [0.3, 0.4) is 0 Å². The molecule has 4 nitrogen and oxygen atoms in total. The van der Waals surface area contributed by atoms with E-state index in [1.165, 1.54) is 19.3 Å². The Hall–Kier alpha value is -1.97. The van der Waals surface area contributed by atoms with Gasteiger partial charge >= 0.3 is 6.03 Å². The quantitative estimate of drug-likeness (QED) is 0.763. The van der Waals surface area contributed by atoms with Crippen molar-refractivity contribution in [1.82, 2.24) is 10.3 Å². The maximum Gasteiger partial charge on any atom is 0.319 e. The number of hydrogen-bond acceptors (Lipinski definition) is 1. The molecule has 1 aliphatic carbocycles. The van der Waals surface area contributed by atoms with Crippen LogP contribution in [0.5, 0.6) is 0 Å². The molecule has 20 heavy (non-hydrogen) atoms. The standard InChI is InChI=1S/C16H21N3O/c1-11-6-2-4-8-13(11)18-16(20)19-15-10-17-14-9-5-3-7-12(14)15/h3,5,7,9-11,13,17H,2,4,6,8H2,1H3,(H2,18,19,20). The van der Waals surface area contributed by atoms with Crippen molar-refractivity contribution in [3.63, 3.8) is 0 Å². The average molecular weight is 271 g/mol. The third-order valence-electron chi connectivity index (χ3n) is 4.27. The maximum atomic E-state index is 12.1. The second kappa shape index (κ2) is 5.57. The summed E-state index contributed by atoms with van der Waals surface area (Å²) < 4.78 is 0. The summed E-state index contributed by atoms with van der Waals surface area (Å²) in [7, 11) is 0. The summed E-state index contributed by atoms with van der Waals surface area (Å²) >= 11 is 0. The van der Waals surface area contributed by atoms with E-state index in [-0.39, 0.29) is 6.03 Å². The predicted molar refractivity (Wildman–Crippen MR) is 81.9 cm³/mol. The molecule has 0 saturated heterocycles. The average Bonchev–Trinajstić information content (AvgIpc) is 2.85. The van der Waals surface area contributed by atoms with Crippen LogP contribution in [-0.4, -0.2) is 17.1 Å². The van der Waals surface area contributed by atoms with Crippen molar-refractivity contribution in [2.75, 3.05) is 5.32 Å². The van der Waals surface area contributed by atoms with Gasteiger partial charge in [-0.3, -0.25) is 0 Å². The van der Waals surface area contributed by atoms with Crippen LogP contribution in [0.15, 0.2) is 30.5 Å². The van der Waals surface area contributed by atoms with E-state index in [0.717, 1.165) is 23.0 Å². The van der Waals surface area contributed by atoms with Crippen molar-refractivity contribution in [2.45, 2.75) is 38.6 Å². The molecule has 1 fully saturated rings. The molecule has 0 spiro atoms. The van der Waals surface area contributed by atoms with Gasteiger partial charge < -0.3 is 15.6 Å². The minimum Gasteiger partial charge on any atom is -0.359 e. The summed E-state index contributed by atoms with van der Waals surface area (Å²) in [5.41, 5.74) is 1.87. The van der Waals surface area contributed by atoms with Crippen molar-refractivity contribution >= 4 is 22.6 Å². The number of para-hydroxylation sites is 1. The molecule has 106 valence electrons. The molecule has 0 aliphatic heterocycles. The van der Waals surface area contributed by atoms with Crippen molar-refractivity contribution in [3.8, 4) is 0 Å². The fourth-order valence-electron chi connectivity index (χ4n) is 3.03. The summed E-state index contributed by atoms with van der Waals surface area (Å²) in [5, 5.41) is 7.10. The molecule has 2 aromatic rings. The highest BCUT2D eigenvalue weighted by atomic mass is 16.2. The van der Waals surface area contributed by atoms with E-state index in [0.29, 0.717) is 12.0 Å². The molecule has 1 aromatic carbocycles. The van der Waals surface area contributed by atoms with Crippen LogP contribution in [0.4, 0.5) is 10.5 Å². The lowest BCUT2D eigenvalue weighted by atomic mass is 9.86. The third kappa shape index (κ3) is 2.64. The molecule has 2 amide bonds.